The first-order valence-electron chi connectivity index (χ1n) is 6.29. The van der Waals surface area contributed by atoms with Crippen molar-refractivity contribution in [1.29, 1.82) is 0 Å². The second kappa shape index (κ2) is 5.63. The average molecular weight is 264 g/mol. The molecule has 0 radical (unpaired) electrons. The second-order valence-electron chi connectivity index (χ2n) is 4.79. The lowest BCUT2D eigenvalue weighted by Gasteiger charge is -2.38. The van der Waals surface area contributed by atoms with E-state index in [0.717, 1.165) is 32.0 Å². The zero-order chi connectivity index (χ0) is 13.1. The molecule has 1 aromatic heterocycles. The van der Waals surface area contributed by atoms with Gasteiger partial charge in [-0.25, -0.2) is 4.98 Å². The summed E-state index contributed by atoms with van der Waals surface area (Å²) in [5, 5.41) is 0. The Morgan fingerprint density at radius 1 is 1.39 bits per heavy atom. The minimum Gasteiger partial charge on any atom is -0.392 e. The Balaban J connectivity index is 1.96. The van der Waals surface area contributed by atoms with Gasteiger partial charge < -0.3 is 10.6 Å². The molecule has 1 aliphatic heterocycles. The Hall–Kier alpha value is -1.20. The van der Waals surface area contributed by atoms with Crippen LogP contribution in [0.1, 0.15) is 12.5 Å². The lowest BCUT2D eigenvalue weighted by molar-refractivity contribution is 0.239. The lowest BCUT2D eigenvalue weighted by atomic mass is 10.2. The summed E-state index contributed by atoms with van der Waals surface area (Å²) >= 11 is 5.05. The van der Waals surface area contributed by atoms with Crippen LogP contribution in [0.25, 0.3) is 0 Å². The van der Waals surface area contributed by atoms with Gasteiger partial charge in [0.15, 0.2) is 0 Å². The van der Waals surface area contributed by atoms with Gasteiger partial charge in [-0.3, -0.25) is 4.90 Å². The number of aromatic nitrogens is 1. The SMILES string of the molecule is Cc1ccnc(N2CCN(C(C)C(N)=S)CC2)c1. The maximum Gasteiger partial charge on any atom is 0.128 e. The molecule has 18 heavy (non-hydrogen) atoms. The van der Waals surface area contributed by atoms with Crippen LogP contribution >= 0.6 is 12.2 Å². The minimum atomic E-state index is 0.188. The number of hydrogen-bond donors (Lipinski definition) is 1. The number of hydrogen-bond acceptors (Lipinski definition) is 4. The molecule has 0 aliphatic carbocycles. The normalized spacial score (nSPS) is 18.7. The summed E-state index contributed by atoms with van der Waals surface area (Å²) in [6, 6.07) is 4.34. The summed E-state index contributed by atoms with van der Waals surface area (Å²) in [6.45, 7) is 8.08. The molecule has 1 aromatic rings. The second-order valence-corrected chi connectivity index (χ2v) is 5.26. The molecule has 98 valence electrons. The predicted molar refractivity (Wildman–Crippen MR) is 79.0 cm³/mol. The zero-order valence-electron chi connectivity index (χ0n) is 11.0. The third kappa shape index (κ3) is 2.97. The van der Waals surface area contributed by atoms with E-state index in [-0.39, 0.29) is 6.04 Å². The molecule has 2 heterocycles. The van der Waals surface area contributed by atoms with Crippen molar-refractivity contribution < 1.29 is 0 Å². The quantitative estimate of drug-likeness (QED) is 0.831. The maximum absolute atomic E-state index is 5.70. The van der Waals surface area contributed by atoms with Crippen LogP contribution in [0.4, 0.5) is 5.82 Å². The molecule has 1 fully saturated rings. The van der Waals surface area contributed by atoms with Crippen LogP contribution < -0.4 is 10.6 Å². The largest absolute Gasteiger partial charge is 0.392 e. The van der Waals surface area contributed by atoms with Crippen LogP contribution in [-0.4, -0.2) is 47.1 Å². The molecule has 2 rings (SSSR count). The first-order chi connectivity index (χ1) is 8.58. The molecule has 4 nitrogen and oxygen atoms in total. The highest BCUT2D eigenvalue weighted by molar-refractivity contribution is 7.80. The van der Waals surface area contributed by atoms with Crippen LogP contribution in [0.3, 0.4) is 0 Å². The third-order valence-corrected chi connectivity index (χ3v) is 3.84. The van der Waals surface area contributed by atoms with E-state index >= 15 is 0 Å². The average Bonchev–Trinajstić information content (AvgIpc) is 2.38. The van der Waals surface area contributed by atoms with Crippen molar-refractivity contribution in [3.63, 3.8) is 0 Å². The molecule has 1 aliphatic rings. The van der Waals surface area contributed by atoms with Crippen molar-refractivity contribution in [2.75, 3.05) is 31.1 Å². The monoisotopic (exact) mass is 264 g/mol. The molecule has 1 unspecified atom stereocenters. The smallest absolute Gasteiger partial charge is 0.128 e. The molecule has 0 spiro atoms. The van der Waals surface area contributed by atoms with Crippen molar-refractivity contribution in [2.24, 2.45) is 5.73 Å². The number of nitrogens with two attached hydrogens (primary N) is 1. The van der Waals surface area contributed by atoms with Gasteiger partial charge in [0.05, 0.1) is 11.0 Å². The molecular formula is C13H20N4S. The number of pyridine rings is 1. The molecule has 1 saturated heterocycles. The van der Waals surface area contributed by atoms with Crippen molar-refractivity contribution >= 4 is 23.0 Å². The maximum atomic E-state index is 5.70. The van der Waals surface area contributed by atoms with Gasteiger partial charge in [0.2, 0.25) is 0 Å². The van der Waals surface area contributed by atoms with Crippen LogP contribution in [0.15, 0.2) is 18.3 Å². The van der Waals surface area contributed by atoms with Crippen LogP contribution in [0, 0.1) is 6.92 Å². The van der Waals surface area contributed by atoms with E-state index in [0.29, 0.717) is 4.99 Å². The lowest BCUT2D eigenvalue weighted by Crippen LogP contribution is -2.52. The molecule has 5 heteroatoms. The number of aryl methyl sites for hydroxylation is 1. The standard InChI is InChI=1S/C13H20N4S/c1-10-3-4-15-12(9-10)17-7-5-16(6-8-17)11(2)13(14)18/h3-4,9,11H,5-8H2,1-2H3,(H2,14,18). The minimum absolute atomic E-state index is 0.188. The highest BCUT2D eigenvalue weighted by Gasteiger charge is 2.22. The Morgan fingerprint density at radius 3 is 2.61 bits per heavy atom. The number of nitrogens with zero attached hydrogens (tertiary/aromatic N) is 3. The van der Waals surface area contributed by atoms with Crippen molar-refractivity contribution in [2.45, 2.75) is 19.9 Å². The summed E-state index contributed by atoms with van der Waals surface area (Å²) in [5.41, 5.74) is 6.95. The highest BCUT2D eigenvalue weighted by atomic mass is 32.1. The van der Waals surface area contributed by atoms with Gasteiger partial charge in [-0.05, 0) is 31.5 Å². The summed E-state index contributed by atoms with van der Waals surface area (Å²) in [6.07, 6.45) is 1.87. The summed E-state index contributed by atoms with van der Waals surface area (Å²) in [4.78, 5) is 9.65. The van der Waals surface area contributed by atoms with Gasteiger partial charge in [0, 0.05) is 32.4 Å². The fourth-order valence-electron chi connectivity index (χ4n) is 2.21. The van der Waals surface area contributed by atoms with Crippen LogP contribution in [0.5, 0.6) is 0 Å². The van der Waals surface area contributed by atoms with E-state index in [2.05, 4.69) is 34.7 Å². The molecule has 0 aromatic carbocycles. The first kappa shape index (κ1) is 13.2. The number of thiocarbonyl (C=S) groups is 1. The van der Waals surface area contributed by atoms with Gasteiger partial charge in [-0.2, -0.15) is 0 Å². The predicted octanol–water partition coefficient (Wildman–Crippen LogP) is 1.19. The van der Waals surface area contributed by atoms with Crippen molar-refractivity contribution in [3.05, 3.63) is 23.9 Å². The molecule has 0 bridgehead atoms. The Kier molecular flexibility index (Phi) is 4.14. The number of piperazine rings is 1. The fourth-order valence-corrected chi connectivity index (χ4v) is 2.36. The van der Waals surface area contributed by atoms with E-state index in [4.69, 9.17) is 18.0 Å². The first-order valence-corrected chi connectivity index (χ1v) is 6.69. The third-order valence-electron chi connectivity index (χ3n) is 3.50. The summed E-state index contributed by atoms with van der Waals surface area (Å²) in [5.74, 6) is 1.07. The van der Waals surface area contributed by atoms with Crippen molar-refractivity contribution in [3.8, 4) is 0 Å². The molecule has 0 amide bonds. The molecule has 1 atom stereocenters. The number of anilines is 1. The molecular weight excluding hydrogens is 244 g/mol. The number of rotatable bonds is 3. The highest BCUT2D eigenvalue weighted by Crippen LogP contribution is 2.15. The zero-order valence-corrected chi connectivity index (χ0v) is 11.8. The fraction of sp³-hybridized carbons (Fsp3) is 0.538. The van der Waals surface area contributed by atoms with Crippen LogP contribution in [-0.2, 0) is 0 Å². The molecule has 2 N–H and O–H groups in total. The van der Waals surface area contributed by atoms with Gasteiger partial charge in [-0.15, -0.1) is 0 Å². The summed E-state index contributed by atoms with van der Waals surface area (Å²) in [7, 11) is 0. The van der Waals surface area contributed by atoms with Crippen molar-refractivity contribution in [1.82, 2.24) is 9.88 Å². The Bertz CT molecular complexity index is 427. The van der Waals surface area contributed by atoms with Gasteiger partial charge >= 0.3 is 0 Å². The van der Waals surface area contributed by atoms with E-state index in [9.17, 15) is 0 Å². The Labute approximate surface area is 114 Å². The van der Waals surface area contributed by atoms with E-state index in [1.807, 2.05) is 12.3 Å². The van der Waals surface area contributed by atoms with Crippen LogP contribution in [0.2, 0.25) is 0 Å². The van der Waals surface area contributed by atoms with E-state index in [1.54, 1.807) is 0 Å². The van der Waals surface area contributed by atoms with Gasteiger partial charge in [0.25, 0.3) is 0 Å². The van der Waals surface area contributed by atoms with Gasteiger partial charge in [-0.1, -0.05) is 12.2 Å². The van der Waals surface area contributed by atoms with E-state index < -0.39 is 0 Å². The topological polar surface area (TPSA) is 45.4 Å². The van der Waals surface area contributed by atoms with E-state index in [1.165, 1.54) is 5.56 Å². The molecule has 0 saturated carbocycles. The van der Waals surface area contributed by atoms with Gasteiger partial charge in [0.1, 0.15) is 5.82 Å². The summed E-state index contributed by atoms with van der Waals surface area (Å²) < 4.78 is 0. The Morgan fingerprint density at radius 2 is 2.06 bits per heavy atom.